The standard InChI is InChI=1S/C26H34N2O2/c1-5-8-17-22(20-9-6-11-27-20)25(29)24(19-14-16(4)13-18(19)15(2)3)26(30)23(17)21-10-7-12-28-21/h11-12,14,18-21,29-30H,2,5-10,13H2,1,3-4H3. The van der Waals surface area contributed by atoms with Crippen LogP contribution in [0, 0.1) is 5.92 Å². The van der Waals surface area contributed by atoms with E-state index in [1.807, 2.05) is 19.4 Å². The summed E-state index contributed by atoms with van der Waals surface area (Å²) in [6, 6.07) is -0.0745. The van der Waals surface area contributed by atoms with Gasteiger partial charge in [-0.3, -0.25) is 9.98 Å². The molecule has 4 nitrogen and oxygen atoms in total. The number of phenolic OH excluding ortho intramolecular Hbond substituents is 2. The fourth-order valence-corrected chi connectivity index (χ4v) is 5.57. The maximum Gasteiger partial charge on any atom is 0.128 e. The Balaban J connectivity index is 1.99. The molecule has 30 heavy (non-hydrogen) atoms. The van der Waals surface area contributed by atoms with Gasteiger partial charge in [0, 0.05) is 22.6 Å². The average Bonchev–Trinajstić information content (AvgIpc) is 3.44. The lowest BCUT2D eigenvalue weighted by atomic mass is 9.78. The largest absolute Gasteiger partial charge is 0.507 e. The fraction of sp³-hybridized carbons (Fsp3) is 0.538. The Labute approximate surface area is 180 Å². The molecule has 1 aliphatic carbocycles. The van der Waals surface area contributed by atoms with Gasteiger partial charge in [0.05, 0.1) is 12.1 Å². The molecular formula is C26H34N2O2. The van der Waals surface area contributed by atoms with Crippen molar-refractivity contribution in [2.24, 2.45) is 15.9 Å². The maximum absolute atomic E-state index is 11.6. The van der Waals surface area contributed by atoms with Crippen LogP contribution in [-0.2, 0) is 6.42 Å². The van der Waals surface area contributed by atoms with Crippen molar-refractivity contribution < 1.29 is 10.2 Å². The molecular weight excluding hydrogens is 372 g/mol. The zero-order chi connectivity index (χ0) is 21.4. The maximum atomic E-state index is 11.6. The van der Waals surface area contributed by atoms with Gasteiger partial charge in [0.1, 0.15) is 11.5 Å². The summed E-state index contributed by atoms with van der Waals surface area (Å²) in [4.78, 5) is 9.41. The molecule has 0 saturated heterocycles. The highest BCUT2D eigenvalue weighted by molar-refractivity contribution is 5.68. The zero-order valence-electron chi connectivity index (χ0n) is 18.5. The van der Waals surface area contributed by atoms with Gasteiger partial charge >= 0.3 is 0 Å². The van der Waals surface area contributed by atoms with E-state index in [0.29, 0.717) is 5.56 Å². The molecule has 0 bridgehead atoms. The molecule has 4 rings (SSSR count). The summed E-state index contributed by atoms with van der Waals surface area (Å²) in [6.07, 6.45) is 12.5. The molecule has 2 heterocycles. The number of phenols is 2. The van der Waals surface area contributed by atoms with Crippen LogP contribution in [0.1, 0.15) is 99.6 Å². The number of benzene rings is 1. The molecule has 4 unspecified atom stereocenters. The number of hydrogen-bond donors (Lipinski definition) is 2. The number of aromatic hydroxyl groups is 2. The van der Waals surface area contributed by atoms with Gasteiger partial charge in [0.25, 0.3) is 0 Å². The van der Waals surface area contributed by atoms with E-state index in [1.165, 1.54) is 5.57 Å². The van der Waals surface area contributed by atoms with E-state index in [0.717, 1.165) is 67.2 Å². The minimum Gasteiger partial charge on any atom is -0.507 e. The fourth-order valence-electron chi connectivity index (χ4n) is 5.57. The highest BCUT2D eigenvalue weighted by Crippen LogP contribution is 2.54. The Hall–Kier alpha value is -2.36. The van der Waals surface area contributed by atoms with Gasteiger partial charge in [0.15, 0.2) is 0 Å². The molecule has 1 aromatic carbocycles. The summed E-state index contributed by atoms with van der Waals surface area (Å²) in [5.41, 5.74) is 5.95. The first-order valence-electron chi connectivity index (χ1n) is 11.4. The molecule has 4 atom stereocenters. The van der Waals surface area contributed by atoms with Crippen LogP contribution in [-0.4, -0.2) is 22.6 Å². The van der Waals surface area contributed by atoms with E-state index >= 15 is 0 Å². The molecule has 2 N–H and O–H groups in total. The quantitative estimate of drug-likeness (QED) is 0.530. The summed E-state index contributed by atoms with van der Waals surface area (Å²) in [6.45, 7) is 10.5. The topological polar surface area (TPSA) is 65.2 Å². The van der Waals surface area contributed by atoms with Crippen LogP contribution in [0.3, 0.4) is 0 Å². The summed E-state index contributed by atoms with van der Waals surface area (Å²) in [7, 11) is 0. The van der Waals surface area contributed by atoms with E-state index < -0.39 is 0 Å². The van der Waals surface area contributed by atoms with Gasteiger partial charge in [-0.15, -0.1) is 0 Å². The Bertz CT molecular complexity index is 892. The zero-order valence-corrected chi connectivity index (χ0v) is 18.5. The van der Waals surface area contributed by atoms with Crippen LogP contribution in [0.2, 0.25) is 0 Å². The van der Waals surface area contributed by atoms with Gasteiger partial charge in [-0.1, -0.05) is 37.1 Å². The summed E-state index contributed by atoms with van der Waals surface area (Å²) in [5.74, 6) is 0.617. The first-order valence-corrected chi connectivity index (χ1v) is 11.4. The summed E-state index contributed by atoms with van der Waals surface area (Å²) >= 11 is 0. The normalized spacial score (nSPS) is 27.8. The minimum atomic E-state index is -0.0635. The summed E-state index contributed by atoms with van der Waals surface area (Å²) in [5, 5.41) is 23.2. The van der Waals surface area contributed by atoms with Crippen LogP contribution in [0.25, 0.3) is 0 Å². The second-order valence-electron chi connectivity index (χ2n) is 9.21. The van der Waals surface area contributed by atoms with Crippen molar-refractivity contribution in [1.82, 2.24) is 0 Å². The monoisotopic (exact) mass is 406 g/mol. The third-order valence-electron chi connectivity index (χ3n) is 6.95. The molecule has 0 spiro atoms. The molecule has 0 aromatic heterocycles. The van der Waals surface area contributed by atoms with Crippen molar-refractivity contribution >= 4 is 12.4 Å². The predicted molar refractivity (Wildman–Crippen MR) is 124 cm³/mol. The average molecular weight is 407 g/mol. The molecule has 160 valence electrons. The second kappa shape index (κ2) is 8.41. The Morgan fingerprint density at radius 3 is 2.03 bits per heavy atom. The SMILES string of the molecule is C=C(C)C1CC(C)=CC1c1c(O)c(C2CCC=N2)c(CCC)c(C2CCC=N2)c1O. The lowest BCUT2D eigenvalue weighted by molar-refractivity contribution is 0.406. The second-order valence-corrected chi connectivity index (χ2v) is 9.21. The van der Waals surface area contributed by atoms with Gasteiger partial charge < -0.3 is 10.2 Å². The van der Waals surface area contributed by atoms with Gasteiger partial charge in [0.2, 0.25) is 0 Å². The van der Waals surface area contributed by atoms with Crippen molar-refractivity contribution in [2.45, 2.75) is 83.7 Å². The predicted octanol–water partition coefficient (Wildman–Crippen LogP) is 6.49. The van der Waals surface area contributed by atoms with E-state index in [2.05, 4.69) is 26.5 Å². The highest BCUT2D eigenvalue weighted by Gasteiger charge is 2.38. The number of allylic oxidation sites excluding steroid dienone is 3. The smallest absolute Gasteiger partial charge is 0.128 e. The third kappa shape index (κ3) is 3.51. The van der Waals surface area contributed by atoms with Crippen molar-refractivity contribution in [2.75, 3.05) is 0 Å². The minimum absolute atomic E-state index is 0.0372. The Kier molecular flexibility index (Phi) is 5.86. The summed E-state index contributed by atoms with van der Waals surface area (Å²) < 4.78 is 0. The van der Waals surface area contributed by atoms with Crippen LogP contribution in [0.5, 0.6) is 11.5 Å². The lowest BCUT2D eigenvalue weighted by Gasteiger charge is -2.29. The molecule has 2 aliphatic heterocycles. The molecule has 0 radical (unpaired) electrons. The van der Waals surface area contributed by atoms with Crippen LogP contribution < -0.4 is 0 Å². The third-order valence-corrected chi connectivity index (χ3v) is 6.95. The van der Waals surface area contributed by atoms with Crippen molar-refractivity contribution in [3.05, 3.63) is 46.1 Å². The number of rotatable bonds is 6. The van der Waals surface area contributed by atoms with Crippen LogP contribution in [0.15, 0.2) is 33.8 Å². The number of hydrogen-bond acceptors (Lipinski definition) is 4. The van der Waals surface area contributed by atoms with Gasteiger partial charge in [-0.2, -0.15) is 0 Å². The molecule has 4 heteroatoms. The molecule has 0 fully saturated rings. The Morgan fingerprint density at radius 2 is 1.60 bits per heavy atom. The van der Waals surface area contributed by atoms with E-state index in [-0.39, 0.29) is 35.4 Å². The van der Waals surface area contributed by atoms with Crippen molar-refractivity contribution in [1.29, 1.82) is 0 Å². The van der Waals surface area contributed by atoms with Crippen molar-refractivity contribution in [3.8, 4) is 11.5 Å². The molecule has 3 aliphatic rings. The number of nitrogens with zero attached hydrogens (tertiary/aromatic N) is 2. The molecule has 0 amide bonds. The molecule has 0 saturated carbocycles. The first kappa shape index (κ1) is 20.9. The van der Waals surface area contributed by atoms with Gasteiger partial charge in [-0.05, 0) is 76.3 Å². The van der Waals surface area contributed by atoms with Crippen LogP contribution in [0.4, 0.5) is 0 Å². The first-order chi connectivity index (χ1) is 14.4. The van der Waals surface area contributed by atoms with Crippen LogP contribution >= 0.6 is 0 Å². The van der Waals surface area contributed by atoms with E-state index in [1.54, 1.807) is 0 Å². The van der Waals surface area contributed by atoms with E-state index in [4.69, 9.17) is 9.98 Å². The Morgan fingerprint density at radius 1 is 1.03 bits per heavy atom. The lowest BCUT2D eigenvalue weighted by Crippen LogP contribution is -2.14. The molecule has 1 aromatic rings. The highest BCUT2D eigenvalue weighted by atomic mass is 16.3. The number of aliphatic imine (C=N–C) groups is 2. The van der Waals surface area contributed by atoms with E-state index in [9.17, 15) is 10.2 Å². The van der Waals surface area contributed by atoms with Crippen molar-refractivity contribution in [3.63, 3.8) is 0 Å². The van der Waals surface area contributed by atoms with Gasteiger partial charge in [-0.25, -0.2) is 0 Å².